The van der Waals surface area contributed by atoms with Gasteiger partial charge in [0.15, 0.2) is 0 Å². The Kier molecular flexibility index (Phi) is 5.20. The summed E-state index contributed by atoms with van der Waals surface area (Å²) in [6.45, 7) is 6.22. The van der Waals surface area contributed by atoms with Crippen molar-refractivity contribution in [1.29, 1.82) is 0 Å². The number of ether oxygens (including phenoxy) is 1. The van der Waals surface area contributed by atoms with Crippen molar-refractivity contribution in [3.8, 4) is 0 Å². The highest BCUT2D eigenvalue weighted by Crippen LogP contribution is 2.23. The lowest BCUT2D eigenvalue weighted by Gasteiger charge is -2.28. The van der Waals surface area contributed by atoms with Crippen molar-refractivity contribution in [2.75, 3.05) is 19.4 Å². The summed E-state index contributed by atoms with van der Waals surface area (Å²) in [7, 11) is -3.42. The van der Waals surface area contributed by atoms with Gasteiger partial charge in [-0.05, 0) is 40.0 Å². The Labute approximate surface area is 115 Å². The fourth-order valence-corrected chi connectivity index (χ4v) is 2.43. The summed E-state index contributed by atoms with van der Waals surface area (Å²) in [6.07, 6.45) is 2.95. The first-order chi connectivity index (χ1) is 8.58. The third-order valence-corrected chi connectivity index (χ3v) is 3.35. The molecule has 0 N–H and O–H groups in total. The van der Waals surface area contributed by atoms with Crippen LogP contribution in [0, 0.1) is 0 Å². The molecule has 1 saturated heterocycles. The van der Waals surface area contributed by atoms with Crippen molar-refractivity contribution >= 4 is 16.2 Å². The SMILES string of the molecule is CC(C)(C)OC(=O)N1CCCC1CCOS(C)(=O)=O. The van der Waals surface area contributed by atoms with Crippen LogP contribution in [0.1, 0.15) is 40.0 Å². The molecule has 0 radical (unpaired) electrons. The van der Waals surface area contributed by atoms with Crippen molar-refractivity contribution in [2.24, 2.45) is 0 Å². The molecule has 1 aliphatic rings. The number of rotatable bonds is 4. The predicted octanol–water partition coefficient (Wildman–Crippen LogP) is 1.75. The van der Waals surface area contributed by atoms with E-state index in [9.17, 15) is 13.2 Å². The highest BCUT2D eigenvalue weighted by molar-refractivity contribution is 7.85. The maximum Gasteiger partial charge on any atom is 0.410 e. The van der Waals surface area contributed by atoms with Crippen molar-refractivity contribution in [3.05, 3.63) is 0 Å². The van der Waals surface area contributed by atoms with Crippen molar-refractivity contribution in [2.45, 2.75) is 51.7 Å². The second-order valence-electron chi connectivity index (χ2n) is 5.78. The molecule has 0 bridgehead atoms. The Morgan fingerprint density at radius 1 is 1.37 bits per heavy atom. The van der Waals surface area contributed by atoms with Gasteiger partial charge in [0.2, 0.25) is 0 Å². The Balaban J connectivity index is 2.48. The molecule has 1 atom stereocenters. The number of carbonyl (C=O) groups is 1. The average Bonchev–Trinajstić information content (AvgIpc) is 2.61. The molecule has 0 aromatic carbocycles. The molecule has 0 aromatic rings. The number of amides is 1. The summed E-state index contributed by atoms with van der Waals surface area (Å²) in [4.78, 5) is 13.6. The zero-order chi connectivity index (χ0) is 14.7. The summed E-state index contributed by atoms with van der Waals surface area (Å²) in [6, 6.07) is -0.00315. The second kappa shape index (κ2) is 6.09. The lowest BCUT2D eigenvalue weighted by Crippen LogP contribution is -2.40. The minimum Gasteiger partial charge on any atom is -0.444 e. The second-order valence-corrected chi connectivity index (χ2v) is 7.43. The summed E-state index contributed by atoms with van der Waals surface area (Å²) >= 11 is 0. The molecule has 1 heterocycles. The number of hydrogen-bond donors (Lipinski definition) is 0. The van der Waals surface area contributed by atoms with Gasteiger partial charge in [0.25, 0.3) is 10.1 Å². The summed E-state index contributed by atoms with van der Waals surface area (Å²) in [5, 5.41) is 0. The van der Waals surface area contributed by atoms with Crippen LogP contribution in [0.3, 0.4) is 0 Å². The lowest BCUT2D eigenvalue weighted by atomic mass is 10.1. The Hall–Kier alpha value is -0.820. The van der Waals surface area contributed by atoms with Crippen LogP contribution in [-0.2, 0) is 19.0 Å². The molecule has 112 valence electrons. The van der Waals surface area contributed by atoms with E-state index >= 15 is 0 Å². The smallest absolute Gasteiger partial charge is 0.410 e. The molecule has 1 unspecified atom stereocenters. The highest BCUT2D eigenvalue weighted by atomic mass is 32.2. The zero-order valence-corrected chi connectivity index (χ0v) is 12.8. The minimum absolute atomic E-state index is 0.00315. The van der Waals surface area contributed by atoms with Gasteiger partial charge in [0, 0.05) is 12.6 Å². The molecule has 19 heavy (non-hydrogen) atoms. The molecule has 0 saturated carbocycles. The van der Waals surface area contributed by atoms with Crippen molar-refractivity contribution in [1.82, 2.24) is 4.90 Å². The predicted molar refractivity (Wildman–Crippen MR) is 71.4 cm³/mol. The van der Waals surface area contributed by atoms with Gasteiger partial charge in [0.1, 0.15) is 5.60 Å². The fraction of sp³-hybridized carbons (Fsp3) is 0.917. The van der Waals surface area contributed by atoms with Gasteiger partial charge in [-0.3, -0.25) is 4.18 Å². The van der Waals surface area contributed by atoms with Crippen LogP contribution in [-0.4, -0.2) is 50.5 Å². The molecule has 6 nitrogen and oxygen atoms in total. The van der Waals surface area contributed by atoms with E-state index in [1.54, 1.807) is 4.90 Å². The number of hydrogen-bond acceptors (Lipinski definition) is 5. The molecule has 0 spiro atoms. The maximum absolute atomic E-state index is 12.0. The van der Waals surface area contributed by atoms with Gasteiger partial charge < -0.3 is 9.64 Å². The number of likely N-dealkylation sites (tertiary alicyclic amines) is 1. The average molecular weight is 293 g/mol. The van der Waals surface area contributed by atoms with Crippen LogP contribution in [0.5, 0.6) is 0 Å². The van der Waals surface area contributed by atoms with Crippen molar-refractivity contribution in [3.63, 3.8) is 0 Å². The fourth-order valence-electron chi connectivity index (χ4n) is 2.03. The molecule has 0 aromatic heterocycles. The van der Waals surface area contributed by atoms with Gasteiger partial charge in [-0.2, -0.15) is 8.42 Å². The van der Waals surface area contributed by atoms with Crippen LogP contribution >= 0.6 is 0 Å². The minimum atomic E-state index is -3.42. The van der Waals surface area contributed by atoms with Gasteiger partial charge >= 0.3 is 6.09 Å². The summed E-state index contributed by atoms with van der Waals surface area (Å²) < 4.78 is 31.8. The van der Waals surface area contributed by atoms with Crippen molar-refractivity contribution < 1.29 is 22.1 Å². The van der Waals surface area contributed by atoms with E-state index in [0.717, 1.165) is 19.1 Å². The lowest BCUT2D eigenvalue weighted by molar-refractivity contribution is 0.0212. The van der Waals surface area contributed by atoms with E-state index in [4.69, 9.17) is 8.92 Å². The molecular weight excluding hydrogens is 270 g/mol. The van der Waals surface area contributed by atoms with Crippen LogP contribution in [0.25, 0.3) is 0 Å². The van der Waals surface area contributed by atoms with E-state index in [0.29, 0.717) is 13.0 Å². The Morgan fingerprint density at radius 3 is 2.53 bits per heavy atom. The number of carbonyl (C=O) groups excluding carboxylic acids is 1. The molecule has 1 fully saturated rings. The van der Waals surface area contributed by atoms with E-state index in [1.807, 2.05) is 20.8 Å². The normalized spacial score (nSPS) is 20.6. The Morgan fingerprint density at radius 2 is 2.00 bits per heavy atom. The number of nitrogens with zero attached hydrogens (tertiary/aromatic N) is 1. The molecule has 1 rings (SSSR count). The van der Waals surface area contributed by atoms with Crippen LogP contribution in [0.15, 0.2) is 0 Å². The zero-order valence-electron chi connectivity index (χ0n) is 12.0. The van der Waals surface area contributed by atoms with Gasteiger partial charge in [-0.25, -0.2) is 4.79 Å². The molecule has 7 heteroatoms. The van der Waals surface area contributed by atoms with Crippen LogP contribution in [0.2, 0.25) is 0 Å². The van der Waals surface area contributed by atoms with Gasteiger partial charge in [-0.1, -0.05) is 0 Å². The summed E-state index contributed by atoms with van der Waals surface area (Å²) in [5.74, 6) is 0. The monoisotopic (exact) mass is 293 g/mol. The molecule has 0 aliphatic carbocycles. The first-order valence-corrected chi connectivity index (χ1v) is 8.24. The Bertz CT molecular complexity index is 412. The topological polar surface area (TPSA) is 72.9 Å². The molecular formula is C12H23NO5S. The largest absolute Gasteiger partial charge is 0.444 e. The quantitative estimate of drug-likeness (QED) is 0.738. The van der Waals surface area contributed by atoms with E-state index in [-0.39, 0.29) is 18.7 Å². The highest BCUT2D eigenvalue weighted by Gasteiger charge is 2.31. The molecule has 1 aliphatic heterocycles. The first-order valence-electron chi connectivity index (χ1n) is 6.42. The van der Waals surface area contributed by atoms with E-state index in [2.05, 4.69) is 0 Å². The van der Waals surface area contributed by atoms with E-state index < -0.39 is 15.7 Å². The standard InChI is InChI=1S/C12H23NO5S/c1-12(2,3)18-11(14)13-8-5-6-10(13)7-9-17-19(4,15)16/h10H,5-9H2,1-4H3. The maximum atomic E-state index is 12.0. The first kappa shape index (κ1) is 16.2. The van der Waals surface area contributed by atoms with E-state index in [1.165, 1.54) is 0 Å². The van der Waals surface area contributed by atoms with Gasteiger partial charge in [-0.15, -0.1) is 0 Å². The third kappa shape index (κ3) is 6.24. The third-order valence-electron chi connectivity index (χ3n) is 2.75. The summed E-state index contributed by atoms with van der Waals surface area (Å²) in [5.41, 5.74) is -0.520. The van der Waals surface area contributed by atoms with Crippen LogP contribution in [0.4, 0.5) is 4.79 Å². The van der Waals surface area contributed by atoms with Crippen LogP contribution < -0.4 is 0 Å². The van der Waals surface area contributed by atoms with Gasteiger partial charge in [0.05, 0.1) is 12.9 Å². The molecule has 1 amide bonds.